The summed E-state index contributed by atoms with van der Waals surface area (Å²) >= 11 is 1.70. The van der Waals surface area contributed by atoms with Crippen LogP contribution in [0, 0.1) is 6.92 Å². The van der Waals surface area contributed by atoms with E-state index in [1.165, 1.54) is 18.5 Å². The minimum Gasteiger partial charge on any atom is -0.330 e. The summed E-state index contributed by atoms with van der Waals surface area (Å²) in [6, 6.07) is 0.704. The van der Waals surface area contributed by atoms with E-state index in [9.17, 15) is 0 Å². The fourth-order valence-electron chi connectivity index (χ4n) is 1.96. The molecule has 1 fully saturated rings. The molecule has 1 N–H and O–H groups in total. The Balaban J connectivity index is 1.55. The van der Waals surface area contributed by atoms with E-state index in [1.54, 1.807) is 11.3 Å². The highest BCUT2D eigenvalue weighted by Gasteiger charge is 2.24. The molecule has 0 unspecified atom stereocenters. The summed E-state index contributed by atoms with van der Waals surface area (Å²) < 4.78 is 2.29. The van der Waals surface area contributed by atoms with E-state index in [-0.39, 0.29) is 0 Å². The fourth-order valence-corrected chi connectivity index (χ4v) is 2.57. The zero-order valence-electron chi connectivity index (χ0n) is 9.89. The molecule has 1 saturated carbocycles. The predicted molar refractivity (Wildman–Crippen MR) is 67.9 cm³/mol. The van der Waals surface area contributed by atoms with Gasteiger partial charge < -0.3 is 9.88 Å². The fraction of sp³-hybridized carbons (Fsp3) is 0.500. The summed E-state index contributed by atoms with van der Waals surface area (Å²) in [4.78, 5) is 8.66. The average Bonchev–Trinajstić information content (AvgIpc) is 2.92. The van der Waals surface area contributed by atoms with E-state index in [2.05, 4.69) is 25.2 Å². The maximum absolute atomic E-state index is 4.43. The van der Waals surface area contributed by atoms with Gasteiger partial charge in [-0.15, -0.1) is 11.3 Å². The molecule has 0 spiro atoms. The molecule has 0 aliphatic heterocycles. The Hall–Kier alpha value is -1.20. The van der Waals surface area contributed by atoms with Crippen LogP contribution in [0.1, 0.15) is 35.3 Å². The van der Waals surface area contributed by atoms with Crippen LogP contribution >= 0.6 is 11.3 Å². The second-order valence-electron chi connectivity index (χ2n) is 4.48. The van der Waals surface area contributed by atoms with Crippen molar-refractivity contribution in [1.29, 1.82) is 0 Å². The van der Waals surface area contributed by atoms with Gasteiger partial charge in [-0.1, -0.05) is 0 Å². The molecule has 4 nitrogen and oxygen atoms in total. The molecule has 0 amide bonds. The van der Waals surface area contributed by atoms with Crippen molar-refractivity contribution in [3.63, 3.8) is 0 Å². The zero-order valence-corrected chi connectivity index (χ0v) is 10.7. The first-order chi connectivity index (χ1) is 8.33. The Morgan fingerprint density at radius 2 is 2.35 bits per heavy atom. The standard InChI is InChI=1S/C12H16N4S/c1-9-15-10(7-17-9)4-13-5-12-6-14-8-16(12)11-2-3-11/h6-8,11,13H,2-5H2,1H3. The van der Waals surface area contributed by atoms with Gasteiger partial charge in [-0.3, -0.25) is 0 Å². The molecule has 0 bridgehead atoms. The molecule has 5 heteroatoms. The molecule has 2 aromatic rings. The molecule has 2 heterocycles. The monoisotopic (exact) mass is 248 g/mol. The molecule has 2 aromatic heterocycles. The van der Waals surface area contributed by atoms with E-state index in [4.69, 9.17) is 0 Å². The van der Waals surface area contributed by atoms with E-state index < -0.39 is 0 Å². The quantitative estimate of drug-likeness (QED) is 0.882. The van der Waals surface area contributed by atoms with E-state index in [0.717, 1.165) is 23.8 Å². The summed E-state index contributed by atoms with van der Waals surface area (Å²) in [5.41, 5.74) is 2.41. The first kappa shape index (κ1) is 10.9. The Kier molecular flexibility index (Phi) is 2.94. The van der Waals surface area contributed by atoms with Gasteiger partial charge in [-0.05, 0) is 19.8 Å². The summed E-state index contributed by atoms with van der Waals surface area (Å²) in [6.45, 7) is 3.74. The van der Waals surface area contributed by atoms with Crippen LogP contribution in [0.3, 0.4) is 0 Å². The van der Waals surface area contributed by atoms with Crippen LogP contribution in [0.5, 0.6) is 0 Å². The maximum Gasteiger partial charge on any atom is 0.0951 e. The highest BCUT2D eigenvalue weighted by Crippen LogP contribution is 2.35. The second kappa shape index (κ2) is 4.58. The molecule has 0 atom stereocenters. The van der Waals surface area contributed by atoms with Crippen molar-refractivity contribution in [3.8, 4) is 0 Å². The summed E-state index contributed by atoms with van der Waals surface area (Å²) in [5.74, 6) is 0. The van der Waals surface area contributed by atoms with E-state index >= 15 is 0 Å². The van der Waals surface area contributed by atoms with Gasteiger partial charge in [0.1, 0.15) is 0 Å². The van der Waals surface area contributed by atoms with Crippen molar-refractivity contribution >= 4 is 11.3 Å². The predicted octanol–water partition coefficient (Wildman–Crippen LogP) is 2.27. The third-order valence-corrected chi connectivity index (χ3v) is 3.79. The topological polar surface area (TPSA) is 42.7 Å². The van der Waals surface area contributed by atoms with Gasteiger partial charge >= 0.3 is 0 Å². The van der Waals surface area contributed by atoms with Crippen molar-refractivity contribution in [2.45, 2.75) is 38.9 Å². The number of thiazole rings is 1. The SMILES string of the molecule is Cc1nc(CNCc2cncn2C2CC2)cs1. The lowest BCUT2D eigenvalue weighted by molar-refractivity contribution is 0.616. The number of rotatable bonds is 5. The van der Waals surface area contributed by atoms with Gasteiger partial charge in [0.05, 0.1) is 22.7 Å². The lowest BCUT2D eigenvalue weighted by Crippen LogP contribution is -2.15. The number of aryl methyl sites for hydroxylation is 1. The minimum absolute atomic E-state index is 0.704. The highest BCUT2D eigenvalue weighted by molar-refractivity contribution is 7.09. The molecule has 0 radical (unpaired) electrons. The largest absolute Gasteiger partial charge is 0.330 e. The normalized spacial score (nSPS) is 15.4. The minimum atomic E-state index is 0.704. The van der Waals surface area contributed by atoms with Crippen molar-refractivity contribution in [1.82, 2.24) is 19.9 Å². The van der Waals surface area contributed by atoms with Crippen LogP contribution in [-0.4, -0.2) is 14.5 Å². The van der Waals surface area contributed by atoms with Gasteiger partial charge in [0.25, 0.3) is 0 Å². The molecule has 90 valence electrons. The second-order valence-corrected chi connectivity index (χ2v) is 5.55. The Morgan fingerprint density at radius 3 is 3.06 bits per heavy atom. The average molecular weight is 248 g/mol. The van der Waals surface area contributed by atoms with Gasteiger partial charge in [0, 0.05) is 30.7 Å². The van der Waals surface area contributed by atoms with Crippen molar-refractivity contribution in [3.05, 3.63) is 34.3 Å². The van der Waals surface area contributed by atoms with Crippen molar-refractivity contribution in [2.24, 2.45) is 0 Å². The van der Waals surface area contributed by atoms with Crippen LogP contribution in [-0.2, 0) is 13.1 Å². The molecule has 17 heavy (non-hydrogen) atoms. The van der Waals surface area contributed by atoms with Crippen molar-refractivity contribution < 1.29 is 0 Å². The molecule has 3 rings (SSSR count). The Labute approximate surface area is 105 Å². The van der Waals surface area contributed by atoms with Crippen LogP contribution in [0.4, 0.5) is 0 Å². The number of hydrogen-bond acceptors (Lipinski definition) is 4. The Bertz CT molecular complexity index is 498. The van der Waals surface area contributed by atoms with Crippen LogP contribution in [0.2, 0.25) is 0 Å². The Morgan fingerprint density at radius 1 is 1.47 bits per heavy atom. The number of nitrogens with one attached hydrogen (secondary N) is 1. The van der Waals surface area contributed by atoms with Gasteiger partial charge in [-0.2, -0.15) is 0 Å². The van der Waals surface area contributed by atoms with Gasteiger partial charge in [0.15, 0.2) is 0 Å². The van der Waals surface area contributed by atoms with Crippen molar-refractivity contribution in [2.75, 3.05) is 0 Å². The third kappa shape index (κ3) is 2.56. The number of hydrogen-bond donors (Lipinski definition) is 1. The van der Waals surface area contributed by atoms with Crippen LogP contribution < -0.4 is 5.32 Å². The first-order valence-corrected chi connectivity index (χ1v) is 6.83. The van der Waals surface area contributed by atoms with Crippen LogP contribution in [0.15, 0.2) is 17.9 Å². The molecule has 1 aliphatic rings. The lowest BCUT2D eigenvalue weighted by atomic mass is 10.4. The van der Waals surface area contributed by atoms with Crippen LogP contribution in [0.25, 0.3) is 0 Å². The first-order valence-electron chi connectivity index (χ1n) is 5.95. The summed E-state index contributed by atoms with van der Waals surface area (Å²) in [7, 11) is 0. The number of nitrogens with zero attached hydrogens (tertiary/aromatic N) is 3. The van der Waals surface area contributed by atoms with E-state index in [0.29, 0.717) is 6.04 Å². The summed E-state index contributed by atoms with van der Waals surface area (Å²) in [5, 5.41) is 6.66. The van der Waals surface area contributed by atoms with Gasteiger partial charge in [0.2, 0.25) is 0 Å². The summed E-state index contributed by atoms with van der Waals surface area (Å²) in [6.07, 6.45) is 6.50. The third-order valence-electron chi connectivity index (χ3n) is 2.97. The lowest BCUT2D eigenvalue weighted by Gasteiger charge is -2.06. The maximum atomic E-state index is 4.43. The number of aromatic nitrogens is 3. The molecule has 0 saturated heterocycles. The van der Waals surface area contributed by atoms with Gasteiger partial charge in [-0.25, -0.2) is 9.97 Å². The van der Waals surface area contributed by atoms with E-state index in [1.807, 2.05) is 19.4 Å². The smallest absolute Gasteiger partial charge is 0.0951 e. The molecule has 1 aliphatic carbocycles. The highest BCUT2D eigenvalue weighted by atomic mass is 32.1. The zero-order chi connectivity index (χ0) is 11.7. The molecular formula is C12H16N4S. The number of imidazole rings is 1. The molecular weight excluding hydrogens is 232 g/mol. The molecule has 0 aromatic carbocycles.